The fraction of sp³-hybridized carbons (Fsp3) is 0.538. The van der Waals surface area contributed by atoms with Gasteiger partial charge in [0.05, 0.1) is 11.6 Å². The van der Waals surface area contributed by atoms with Crippen molar-refractivity contribution in [1.29, 1.82) is 0 Å². The summed E-state index contributed by atoms with van der Waals surface area (Å²) < 4.78 is 0. The molecular weight excluding hydrogens is 186 g/mol. The molecule has 2 nitrogen and oxygen atoms in total. The molecule has 0 spiro atoms. The van der Waals surface area contributed by atoms with Crippen LogP contribution < -0.4 is 5.32 Å². The van der Waals surface area contributed by atoms with Crippen molar-refractivity contribution in [2.75, 3.05) is 0 Å². The van der Waals surface area contributed by atoms with E-state index in [4.69, 9.17) is 0 Å². The Hall–Kier alpha value is -0.860. The highest BCUT2D eigenvalue weighted by Crippen LogP contribution is 2.47. The van der Waals surface area contributed by atoms with Crippen LogP contribution in [-0.4, -0.2) is 10.7 Å². The van der Waals surface area contributed by atoms with Gasteiger partial charge in [0, 0.05) is 6.54 Å². The highest BCUT2D eigenvalue weighted by molar-refractivity contribution is 5.36. The van der Waals surface area contributed by atoms with Gasteiger partial charge in [-0.1, -0.05) is 24.3 Å². The summed E-state index contributed by atoms with van der Waals surface area (Å²) in [6, 6.07) is 8.53. The fourth-order valence-electron chi connectivity index (χ4n) is 2.72. The van der Waals surface area contributed by atoms with Crippen LogP contribution in [0.25, 0.3) is 0 Å². The Balaban J connectivity index is 1.96. The summed E-state index contributed by atoms with van der Waals surface area (Å²) in [6.45, 7) is 2.87. The van der Waals surface area contributed by atoms with Crippen LogP contribution in [0.3, 0.4) is 0 Å². The van der Waals surface area contributed by atoms with Crippen molar-refractivity contribution in [3.8, 4) is 0 Å². The van der Waals surface area contributed by atoms with Crippen LogP contribution in [0.15, 0.2) is 24.3 Å². The van der Waals surface area contributed by atoms with Crippen LogP contribution in [0.2, 0.25) is 0 Å². The molecule has 2 unspecified atom stereocenters. The van der Waals surface area contributed by atoms with E-state index in [1.54, 1.807) is 0 Å². The van der Waals surface area contributed by atoms with Crippen molar-refractivity contribution >= 4 is 0 Å². The first-order chi connectivity index (χ1) is 7.19. The molecule has 0 bridgehead atoms. The average Bonchev–Trinajstić information content (AvgIpc) is 2.98. The predicted molar refractivity (Wildman–Crippen MR) is 59.4 cm³/mol. The molecule has 2 aliphatic rings. The van der Waals surface area contributed by atoms with Gasteiger partial charge in [-0.25, -0.2) is 0 Å². The first-order valence-electron chi connectivity index (χ1n) is 5.73. The number of aliphatic hydroxyl groups is 1. The zero-order valence-electron chi connectivity index (χ0n) is 9.03. The van der Waals surface area contributed by atoms with E-state index in [-0.39, 0.29) is 6.04 Å². The van der Waals surface area contributed by atoms with Gasteiger partial charge in [-0.3, -0.25) is 0 Å². The van der Waals surface area contributed by atoms with Crippen molar-refractivity contribution in [1.82, 2.24) is 5.32 Å². The van der Waals surface area contributed by atoms with Gasteiger partial charge in [-0.05, 0) is 36.8 Å². The van der Waals surface area contributed by atoms with Crippen LogP contribution in [0.4, 0.5) is 0 Å². The maximum atomic E-state index is 10.5. The largest absolute Gasteiger partial charge is 0.388 e. The quantitative estimate of drug-likeness (QED) is 0.770. The Kier molecular flexibility index (Phi) is 1.91. The van der Waals surface area contributed by atoms with Crippen LogP contribution in [0.5, 0.6) is 0 Å². The van der Waals surface area contributed by atoms with Gasteiger partial charge < -0.3 is 10.4 Å². The smallest absolute Gasteiger partial charge is 0.0841 e. The lowest BCUT2D eigenvalue weighted by molar-refractivity contribution is 0.000355. The molecule has 1 aromatic rings. The summed E-state index contributed by atoms with van der Waals surface area (Å²) in [6.07, 6.45) is 2.35. The molecule has 0 amide bonds. The number of rotatable bonds is 2. The first-order valence-corrected chi connectivity index (χ1v) is 5.73. The van der Waals surface area contributed by atoms with E-state index in [1.807, 2.05) is 6.92 Å². The van der Waals surface area contributed by atoms with E-state index in [0.717, 1.165) is 6.54 Å². The lowest BCUT2D eigenvalue weighted by atomic mass is 9.86. The summed E-state index contributed by atoms with van der Waals surface area (Å²) in [4.78, 5) is 0. The molecule has 3 rings (SSSR count). The minimum absolute atomic E-state index is 0.126. The van der Waals surface area contributed by atoms with Gasteiger partial charge in [0.2, 0.25) is 0 Å². The van der Waals surface area contributed by atoms with Crippen molar-refractivity contribution in [2.24, 2.45) is 5.92 Å². The average molecular weight is 203 g/mol. The predicted octanol–water partition coefficient (Wildman–Crippen LogP) is 1.99. The van der Waals surface area contributed by atoms with Crippen LogP contribution in [0.1, 0.15) is 36.9 Å². The van der Waals surface area contributed by atoms with E-state index in [0.29, 0.717) is 5.92 Å². The molecule has 2 atom stereocenters. The van der Waals surface area contributed by atoms with Crippen molar-refractivity contribution in [3.05, 3.63) is 35.4 Å². The molecule has 15 heavy (non-hydrogen) atoms. The molecule has 1 saturated carbocycles. The molecule has 1 aliphatic heterocycles. The minimum atomic E-state index is -0.577. The van der Waals surface area contributed by atoms with E-state index in [1.165, 1.54) is 24.0 Å². The van der Waals surface area contributed by atoms with Crippen LogP contribution >= 0.6 is 0 Å². The first kappa shape index (κ1) is 9.37. The second-order valence-corrected chi connectivity index (χ2v) is 5.01. The lowest BCUT2D eigenvalue weighted by Gasteiger charge is -2.31. The normalized spacial score (nSPS) is 28.5. The number of hydrogen-bond acceptors (Lipinski definition) is 2. The van der Waals surface area contributed by atoms with Gasteiger partial charge in [-0.15, -0.1) is 0 Å². The fourth-order valence-corrected chi connectivity index (χ4v) is 2.72. The molecular formula is C13H17NO. The van der Waals surface area contributed by atoms with Gasteiger partial charge in [0.1, 0.15) is 0 Å². The zero-order chi connectivity index (χ0) is 10.5. The topological polar surface area (TPSA) is 32.3 Å². The number of benzene rings is 1. The van der Waals surface area contributed by atoms with Gasteiger partial charge in [-0.2, -0.15) is 0 Å². The zero-order valence-corrected chi connectivity index (χ0v) is 9.03. The number of nitrogens with one attached hydrogen (secondary N) is 1. The SMILES string of the molecule is CC(O)(C1CC1)C1NCc2ccccc21. The maximum absolute atomic E-state index is 10.5. The molecule has 1 aromatic carbocycles. The van der Waals surface area contributed by atoms with E-state index < -0.39 is 5.60 Å². The minimum Gasteiger partial charge on any atom is -0.388 e. The number of hydrogen-bond donors (Lipinski definition) is 2. The second kappa shape index (κ2) is 3.06. The summed E-state index contributed by atoms with van der Waals surface area (Å²) >= 11 is 0. The highest BCUT2D eigenvalue weighted by atomic mass is 16.3. The Labute approximate surface area is 90.3 Å². The Bertz CT molecular complexity index is 382. The molecule has 1 fully saturated rings. The maximum Gasteiger partial charge on any atom is 0.0841 e. The summed E-state index contributed by atoms with van der Waals surface area (Å²) in [7, 11) is 0. The van der Waals surface area contributed by atoms with Crippen LogP contribution in [0, 0.1) is 5.92 Å². The third kappa shape index (κ3) is 1.40. The molecule has 0 saturated heterocycles. The standard InChI is InChI=1S/C13H17NO/c1-13(15,10-6-7-10)12-11-5-3-2-4-9(11)8-14-12/h2-5,10,12,14-15H,6-8H2,1H3. The van der Waals surface area contributed by atoms with Crippen molar-refractivity contribution < 1.29 is 5.11 Å². The monoisotopic (exact) mass is 203 g/mol. The third-order valence-electron chi connectivity index (χ3n) is 3.85. The van der Waals surface area contributed by atoms with Gasteiger partial charge in [0.25, 0.3) is 0 Å². The van der Waals surface area contributed by atoms with E-state index in [2.05, 4.69) is 29.6 Å². The number of fused-ring (bicyclic) bond motifs is 1. The Morgan fingerprint density at radius 1 is 1.33 bits per heavy atom. The van der Waals surface area contributed by atoms with E-state index >= 15 is 0 Å². The molecule has 2 heteroatoms. The summed E-state index contributed by atoms with van der Waals surface area (Å²) in [5, 5.41) is 14.0. The highest BCUT2D eigenvalue weighted by Gasteiger charge is 2.47. The second-order valence-electron chi connectivity index (χ2n) is 5.01. The molecule has 0 radical (unpaired) electrons. The summed E-state index contributed by atoms with van der Waals surface area (Å²) in [5.74, 6) is 0.487. The van der Waals surface area contributed by atoms with Crippen molar-refractivity contribution in [3.63, 3.8) is 0 Å². The van der Waals surface area contributed by atoms with Gasteiger partial charge >= 0.3 is 0 Å². The molecule has 0 aromatic heterocycles. The third-order valence-corrected chi connectivity index (χ3v) is 3.85. The summed E-state index contributed by atoms with van der Waals surface area (Å²) in [5.41, 5.74) is 2.05. The Morgan fingerprint density at radius 2 is 2.07 bits per heavy atom. The Morgan fingerprint density at radius 3 is 2.80 bits per heavy atom. The lowest BCUT2D eigenvalue weighted by Crippen LogP contribution is -2.40. The molecule has 2 N–H and O–H groups in total. The van der Waals surface area contributed by atoms with Gasteiger partial charge in [0.15, 0.2) is 0 Å². The van der Waals surface area contributed by atoms with E-state index in [9.17, 15) is 5.11 Å². The molecule has 1 heterocycles. The van der Waals surface area contributed by atoms with Crippen LogP contribution in [-0.2, 0) is 6.54 Å². The molecule has 1 aliphatic carbocycles. The van der Waals surface area contributed by atoms with Crippen molar-refractivity contribution in [2.45, 2.75) is 38.0 Å². The molecule has 80 valence electrons.